The highest BCUT2D eigenvalue weighted by Crippen LogP contribution is 2.47. The van der Waals surface area contributed by atoms with E-state index in [0.29, 0.717) is 6.04 Å². The summed E-state index contributed by atoms with van der Waals surface area (Å²) >= 11 is 0. The summed E-state index contributed by atoms with van der Waals surface area (Å²) in [5.41, 5.74) is 1.10. The zero-order chi connectivity index (χ0) is 14.3. The number of halogens is 1. The molecular weight excluding hydrogens is 269 g/mol. The van der Waals surface area contributed by atoms with E-state index in [0.717, 1.165) is 57.3 Å². The van der Waals surface area contributed by atoms with Crippen molar-refractivity contribution < 1.29 is 13.9 Å². The van der Waals surface area contributed by atoms with Gasteiger partial charge in [0.1, 0.15) is 5.82 Å². The monoisotopic (exact) mass is 291 g/mol. The number of hydrogen-bond donors (Lipinski definition) is 1. The van der Waals surface area contributed by atoms with E-state index in [1.165, 1.54) is 6.07 Å². The molecule has 0 radical (unpaired) electrons. The van der Waals surface area contributed by atoms with Crippen molar-refractivity contribution in [3.05, 3.63) is 35.6 Å². The minimum atomic E-state index is -0.298. The average Bonchev–Trinajstić information content (AvgIpc) is 3.14. The minimum absolute atomic E-state index is 0.00859. The van der Waals surface area contributed by atoms with Crippen LogP contribution in [0.3, 0.4) is 0 Å². The van der Waals surface area contributed by atoms with Crippen molar-refractivity contribution >= 4 is 0 Å². The molecule has 1 spiro atoms. The second-order valence-electron chi connectivity index (χ2n) is 6.62. The highest BCUT2D eigenvalue weighted by molar-refractivity contribution is 5.30. The van der Waals surface area contributed by atoms with Crippen molar-refractivity contribution in [2.75, 3.05) is 13.2 Å². The van der Waals surface area contributed by atoms with Crippen LogP contribution >= 0.6 is 0 Å². The fourth-order valence-electron chi connectivity index (χ4n) is 3.81. The molecule has 1 heterocycles. The van der Waals surface area contributed by atoms with E-state index < -0.39 is 0 Å². The first-order chi connectivity index (χ1) is 10.2. The number of hydrogen-bond acceptors (Lipinski definition) is 3. The first-order valence-corrected chi connectivity index (χ1v) is 8.02. The Morgan fingerprint density at radius 3 is 2.38 bits per heavy atom. The Balaban J connectivity index is 1.40. The van der Waals surface area contributed by atoms with Crippen molar-refractivity contribution in [1.29, 1.82) is 0 Å². The van der Waals surface area contributed by atoms with Gasteiger partial charge in [0, 0.05) is 24.4 Å². The predicted molar refractivity (Wildman–Crippen MR) is 77.3 cm³/mol. The molecule has 1 aliphatic heterocycles. The van der Waals surface area contributed by atoms with Gasteiger partial charge >= 0.3 is 0 Å². The van der Waals surface area contributed by atoms with Crippen molar-refractivity contribution in [3.63, 3.8) is 0 Å². The molecule has 3 nitrogen and oxygen atoms in total. The lowest BCUT2D eigenvalue weighted by Gasteiger charge is -2.37. The molecular formula is C17H22FNO2. The third-order valence-electron chi connectivity index (χ3n) is 5.17. The Morgan fingerprint density at radius 2 is 1.76 bits per heavy atom. The maximum Gasteiger partial charge on any atom is 0.168 e. The van der Waals surface area contributed by atoms with E-state index in [9.17, 15) is 4.39 Å². The lowest BCUT2D eigenvalue weighted by molar-refractivity contribution is -0.179. The molecule has 4 heteroatoms. The zero-order valence-electron chi connectivity index (χ0n) is 12.2. The number of benzene rings is 1. The maximum atomic E-state index is 13.4. The van der Waals surface area contributed by atoms with Gasteiger partial charge in [0.15, 0.2) is 5.79 Å². The fraction of sp³-hybridized carbons (Fsp3) is 0.647. The van der Waals surface area contributed by atoms with E-state index in [1.807, 2.05) is 12.1 Å². The normalized spacial score (nSPS) is 27.1. The summed E-state index contributed by atoms with van der Waals surface area (Å²) in [7, 11) is 0. The van der Waals surface area contributed by atoms with E-state index in [2.05, 4.69) is 5.32 Å². The van der Waals surface area contributed by atoms with Gasteiger partial charge in [0.05, 0.1) is 13.2 Å². The van der Waals surface area contributed by atoms with Gasteiger partial charge in [-0.05, 0) is 43.4 Å². The molecule has 0 unspecified atom stereocenters. The maximum absolute atomic E-state index is 13.4. The van der Waals surface area contributed by atoms with Crippen LogP contribution in [0.25, 0.3) is 0 Å². The van der Waals surface area contributed by atoms with Crippen LogP contribution in [0.5, 0.6) is 0 Å². The topological polar surface area (TPSA) is 30.5 Å². The number of nitrogens with one attached hydrogen (secondary N) is 1. The van der Waals surface area contributed by atoms with E-state index in [1.54, 1.807) is 6.07 Å². The standard InChI is InChI=1S/C17H22FNO2/c18-14-3-1-2-13(12-14)16(8-9-16)19-15-4-6-17(7-5-15)20-10-11-21-17/h1-3,12,15,19H,4-11H2. The SMILES string of the molecule is Fc1cccc(C2(NC3CCC4(CC3)OCCO4)CC2)c1. The number of ether oxygens (including phenoxy) is 2. The van der Waals surface area contributed by atoms with Crippen LogP contribution < -0.4 is 5.32 Å². The van der Waals surface area contributed by atoms with Crippen LogP contribution in [0.15, 0.2) is 24.3 Å². The van der Waals surface area contributed by atoms with Gasteiger partial charge in [-0.1, -0.05) is 12.1 Å². The Hall–Kier alpha value is -0.970. The molecule has 114 valence electrons. The molecule has 0 bridgehead atoms. The van der Waals surface area contributed by atoms with Gasteiger partial charge in [-0.3, -0.25) is 0 Å². The fourth-order valence-corrected chi connectivity index (χ4v) is 3.81. The Labute approximate surface area is 124 Å². The van der Waals surface area contributed by atoms with Crippen molar-refractivity contribution in [2.45, 2.75) is 55.9 Å². The van der Waals surface area contributed by atoms with E-state index in [4.69, 9.17) is 9.47 Å². The van der Waals surface area contributed by atoms with Crippen LogP contribution in [0.2, 0.25) is 0 Å². The third kappa shape index (κ3) is 2.60. The van der Waals surface area contributed by atoms with Crippen LogP contribution in [0.4, 0.5) is 4.39 Å². The van der Waals surface area contributed by atoms with Gasteiger partial charge in [-0.25, -0.2) is 4.39 Å². The third-order valence-corrected chi connectivity index (χ3v) is 5.17. The lowest BCUT2D eigenvalue weighted by atomic mass is 9.88. The van der Waals surface area contributed by atoms with Crippen molar-refractivity contribution in [1.82, 2.24) is 5.32 Å². The molecule has 3 aliphatic rings. The molecule has 2 saturated carbocycles. The van der Waals surface area contributed by atoms with Gasteiger partial charge < -0.3 is 14.8 Å². The minimum Gasteiger partial charge on any atom is -0.348 e. The molecule has 4 rings (SSSR count). The van der Waals surface area contributed by atoms with Gasteiger partial charge in [-0.15, -0.1) is 0 Å². The summed E-state index contributed by atoms with van der Waals surface area (Å²) in [6.45, 7) is 1.46. The Kier molecular flexibility index (Phi) is 3.28. The second kappa shape index (κ2) is 5.04. The van der Waals surface area contributed by atoms with Crippen LogP contribution in [0, 0.1) is 5.82 Å². The zero-order valence-corrected chi connectivity index (χ0v) is 12.2. The van der Waals surface area contributed by atoms with Crippen molar-refractivity contribution in [2.24, 2.45) is 0 Å². The first kappa shape index (κ1) is 13.7. The summed E-state index contributed by atoms with van der Waals surface area (Å²) in [5.74, 6) is -0.441. The Bertz CT molecular complexity index is 513. The number of rotatable bonds is 3. The summed E-state index contributed by atoms with van der Waals surface area (Å²) in [4.78, 5) is 0. The second-order valence-corrected chi connectivity index (χ2v) is 6.62. The van der Waals surface area contributed by atoms with E-state index in [-0.39, 0.29) is 17.1 Å². The van der Waals surface area contributed by atoms with Gasteiger partial charge in [0.25, 0.3) is 0 Å². The molecule has 21 heavy (non-hydrogen) atoms. The molecule has 1 saturated heterocycles. The van der Waals surface area contributed by atoms with Gasteiger partial charge in [-0.2, -0.15) is 0 Å². The Morgan fingerprint density at radius 1 is 1.05 bits per heavy atom. The smallest absolute Gasteiger partial charge is 0.168 e. The summed E-state index contributed by atoms with van der Waals surface area (Å²) < 4.78 is 25.0. The summed E-state index contributed by atoms with van der Waals surface area (Å²) in [6.07, 6.45) is 6.26. The molecule has 3 fully saturated rings. The molecule has 0 amide bonds. The van der Waals surface area contributed by atoms with Crippen LogP contribution in [-0.2, 0) is 15.0 Å². The largest absolute Gasteiger partial charge is 0.348 e. The van der Waals surface area contributed by atoms with Crippen LogP contribution in [0.1, 0.15) is 44.1 Å². The first-order valence-electron chi connectivity index (χ1n) is 8.02. The quantitative estimate of drug-likeness (QED) is 0.928. The molecule has 1 N–H and O–H groups in total. The van der Waals surface area contributed by atoms with Crippen molar-refractivity contribution in [3.8, 4) is 0 Å². The molecule has 0 atom stereocenters. The molecule has 1 aromatic rings. The summed E-state index contributed by atoms with van der Waals surface area (Å²) in [6, 6.07) is 7.51. The van der Waals surface area contributed by atoms with Crippen LogP contribution in [-0.4, -0.2) is 25.0 Å². The highest BCUT2D eigenvalue weighted by atomic mass is 19.1. The lowest BCUT2D eigenvalue weighted by Crippen LogP contribution is -2.45. The summed E-state index contributed by atoms with van der Waals surface area (Å²) in [5, 5.41) is 3.78. The molecule has 0 aromatic heterocycles. The molecule has 1 aromatic carbocycles. The molecule has 2 aliphatic carbocycles. The predicted octanol–water partition coefficient (Wildman–Crippen LogP) is 3.09. The van der Waals surface area contributed by atoms with E-state index >= 15 is 0 Å². The van der Waals surface area contributed by atoms with Gasteiger partial charge in [0.2, 0.25) is 0 Å². The highest BCUT2D eigenvalue weighted by Gasteiger charge is 2.48. The average molecular weight is 291 g/mol.